The Labute approximate surface area is 216 Å². The maximum Gasteiger partial charge on any atom is 0.273 e. The number of aromatic nitrogens is 2. The molecule has 0 aliphatic carbocycles. The van der Waals surface area contributed by atoms with Crippen LogP contribution in [0.1, 0.15) is 61.8 Å². The van der Waals surface area contributed by atoms with E-state index in [2.05, 4.69) is 10.2 Å². The zero-order valence-electron chi connectivity index (χ0n) is 21.0. The molecule has 1 amide bonds. The number of ether oxygens (including phenoxy) is 3. The molecule has 0 saturated carbocycles. The summed E-state index contributed by atoms with van der Waals surface area (Å²) in [6, 6.07) is 10.0. The van der Waals surface area contributed by atoms with E-state index in [4.69, 9.17) is 25.8 Å². The molecule has 0 radical (unpaired) electrons. The van der Waals surface area contributed by atoms with E-state index in [1.807, 2.05) is 50.8 Å². The van der Waals surface area contributed by atoms with Crippen LogP contribution >= 0.6 is 11.6 Å². The minimum atomic E-state index is -0.450. The fraction of sp³-hybridized carbons (Fsp3) is 0.407. The fourth-order valence-corrected chi connectivity index (χ4v) is 4.64. The number of H-pyrrole nitrogens is 1. The third kappa shape index (κ3) is 5.15. The van der Waals surface area contributed by atoms with Gasteiger partial charge in [-0.2, -0.15) is 5.10 Å². The number of phenolic OH excluding ortho intramolecular Hbond substituents is 1. The molecule has 0 spiro atoms. The maximum absolute atomic E-state index is 13.6. The van der Waals surface area contributed by atoms with Gasteiger partial charge in [0.2, 0.25) is 0 Å². The first-order valence-electron chi connectivity index (χ1n) is 12.2. The molecule has 1 unspecified atom stereocenters. The molecule has 1 aliphatic rings. The highest BCUT2D eigenvalue weighted by Gasteiger charge is 2.42. The Morgan fingerprint density at radius 2 is 1.86 bits per heavy atom. The SMILES string of the molecule is CCOc1ccc(C2c3c(-c4cc(Cl)ccc4O)n[nH]c3C(=O)N2CCCOC(C)C)cc1OCC. The van der Waals surface area contributed by atoms with Crippen molar-refractivity contribution < 1.29 is 24.1 Å². The lowest BCUT2D eigenvalue weighted by atomic mass is 9.95. The molecule has 9 heteroatoms. The van der Waals surface area contributed by atoms with Crippen molar-refractivity contribution in [1.82, 2.24) is 15.1 Å². The van der Waals surface area contributed by atoms with Crippen molar-refractivity contribution in [3.63, 3.8) is 0 Å². The second-order valence-corrected chi connectivity index (χ2v) is 9.21. The summed E-state index contributed by atoms with van der Waals surface area (Å²) in [5.74, 6) is 1.12. The van der Waals surface area contributed by atoms with Gasteiger partial charge in [0.1, 0.15) is 17.1 Å². The Morgan fingerprint density at radius 1 is 1.11 bits per heavy atom. The van der Waals surface area contributed by atoms with Gasteiger partial charge in [0, 0.05) is 29.3 Å². The van der Waals surface area contributed by atoms with Gasteiger partial charge in [0.15, 0.2) is 11.5 Å². The predicted octanol–water partition coefficient (Wildman–Crippen LogP) is 5.59. The number of hydrogen-bond acceptors (Lipinski definition) is 6. The van der Waals surface area contributed by atoms with E-state index in [1.54, 1.807) is 12.1 Å². The van der Waals surface area contributed by atoms with E-state index in [-0.39, 0.29) is 17.8 Å². The Bertz CT molecular complexity index is 1230. The van der Waals surface area contributed by atoms with E-state index >= 15 is 0 Å². The first-order chi connectivity index (χ1) is 17.3. The topological polar surface area (TPSA) is 96.9 Å². The highest BCUT2D eigenvalue weighted by Crippen LogP contribution is 2.46. The van der Waals surface area contributed by atoms with Gasteiger partial charge in [-0.1, -0.05) is 17.7 Å². The molecule has 192 valence electrons. The Hall–Kier alpha value is -3.23. The summed E-state index contributed by atoms with van der Waals surface area (Å²) in [7, 11) is 0. The number of aromatic amines is 1. The summed E-state index contributed by atoms with van der Waals surface area (Å²) >= 11 is 6.24. The first-order valence-corrected chi connectivity index (χ1v) is 12.6. The van der Waals surface area contributed by atoms with E-state index in [0.717, 1.165) is 5.56 Å². The molecule has 8 nitrogen and oxygen atoms in total. The highest BCUT2D eigenvalue weighted by atomic mass is 35.5. The smallest absolute Gasteiger partial charge is 0.273 e. The standard InChI is InChI=1S/C27H32ClN3O5/c1-5-34-21-11-8-17(14-22(21)35-6-2)26-23-24(19-15-18(28)9-10-20(19)32)29-30-25(23)27(33)31(26)12-7-13-36-16(3)4/h8-11,14-16,26,32H,5-7,12-13H2,1-4H3,(H,29,30). The van der Waals surface area contributed by atoms with Gasteiger partial charge in [-0.05, 0) is 70.0 Å². The molecular formula is C27H32ClN3O5. The quantitative estimate of drug-likeness (QED) is 0.324. The number of benzene rings is 2. The third-order valence-electron chi connectivity index (χ3n) is 5.96. The van der Waals surface area contributed by atoms with Crippen LogP contribution in [0.15, 0.2) is 36.4 Å². The lowest BCUT2D eigenvalue weighted by Gasteiger charge is -2.27. The van der Waals surface area contributed by atoms with Crippen LogP contribution in [0.4, 0.5) is 0 Å². The lowest BCUT2D eigenvalue weighted by molar-refractivity contribution is 0.0601. The Balaban J connectivity index is 1.81. The van der Waals surface area contributed by atoms with Crippen molar-refractivity contribution in [3.8, 4) is 28.5 Å². The molecule has 4 rings (SSSR count). The largest absolute Gasteiger partial charge is 0.507 e. The Morgan fingerprint density at radius 3 is 2.58 bits per heavy atom. The van der Waals surface area contributed by atoms with E-state index in [0.29, 0.717) is 71.8 Å². The number of amides is 1. The van der Waals surface area contributed by atoms with Crippen molar-refractivity contribution >= 4 is 17.5 Å². The normalized spacial score (nSPS) is 15.0. The number of fused-ring (bicyclic) bond motifs is 1. The summed E-state index contributed by atoms with van der Waals surface area (Å²) < 4.78 is 17.3. The average molecular weight is 514 g/mol. The molecule has 2 N–H and O–H groups in total. The number of nitrogens with zero attached hydrogens (tertiary/aromatic N) is 2. The van der Waals surface area contributed by atoms with Crippen molar-refractivity contribution in [1.29, 1.82) is 0 Å². The molecular weight excluding hydrogens is 482 g/mol. The van der Waals surface area contributed by atoms with E-state index < -0.39 is 6.04 Å². The zero-order valence-corrected chi connectivity index (χ0v) is 21.8. The van der Waals surface area contributed by atoms with Crippen LogP contribution in [0.3, 0.4) is 0 Å². The summed E-state index contributed by atoms with van der Waals surface area (Å²) in [6.45, 7) is 9.80. The van der Waals surface area contributed by atoms with E-state index in [1.165, 1.54) is 6.07 Å². The van der Waals surface area contributed by atoms with Gasteiger partial charge in [0.25, 0.3) is 5.91 Å². The summed E-state index contributed by atoms with van der Waals surface area (Å²) in [5.41, 5.74) is 2.87. The van der Waals surface area contributed by atoms with Crippen molar-refractivity contribution in [2.45, 2.75) is 46.3 Å². The van der Waals surface area contributed by atoms with E-state index in [9.17, 15) is 9.90 Å². The van der Waals surface area contributed by atoms with Crippen LogP contribution in [0.25, 0.3) is 11.3 Å². The molecule has 1 aliphatic heterocycles. The van der Waals surface area contributed by atoms with Crippen molar-refractivity contribution in [2.24, 2.45) is 0 Å². The van der Waals surface area contributed by atoms with Gasteiger partial charge in [-0.15, -0.1) is 0 Å². The van der Waals surface area contributed by atoms with Crippen LogP contribution in [0.5, 0.6) is 17.2 Å². The number of hydrogen-bond donors (Lipinski definition) is 2. The molecule has 2 heterocycles. The number of halogens is 1. The van der Waals surface area contributed by atoms with Gasteiger partial charge in [-0.3, -0.25) is 9.89 Å². The molecule has 2 aromatic carbocycles. The molecule has 36 heavy (non-hydrogen) atoms. The van der Waals surface area contributed by atoms with Crippen LogP contribution in [-0.4, -0.2) is 58.6 Å². The summed E-state index contributed by atoms with van der Waals surface area (Å²) in [5, 5.41) is 18.4. The number of nitrogens with one attached hydrogen (secondary N) is 1. The molecule has 1 atom stereocenters. The molecule has 3 aromatic rings. The number of carbonyl (C=O) groups excluding carboxylic acids is 1. The number of carbonyl (C=O) groups is 1. The monoisotopic (exact) mass is 513 g/mol. The number of aromatic hydroxyl groups is 1. The Kier molecular flexibility index (Phi) is 8.06. The molecule has 0 saturated heterocycles. The van der Waals surface area contributed by atoms with Gasteiger partial charge < -0.3 is 24.2 Å². The second-order valence-electron chi connectivity index (χ2n) is 8.77. The maximum atomic E-state index is 13.6. The third-order valence-corrected chi connectivity index (χ3v) is 6.19. The van der Waals surface area contributed by atoms with Crippen LogP contribution < -0.4 is 9.47 Å². The lowest BCUT2D eigenvalue weighted by Crippen LogP contribution is -2.31. The highest BCUT2D eigenvalue weighted by molar-refractivity contribution is 6.31. The summed E-state index contributed by atoms with van der Waals surface area (Å²) in [4.78, 5) is 15.4. The summed E-state index contributed by atoms with van der Waals surface area (Å²) in [6.07, 6.45) is 0.787. The minimum absolute atomic E-state index is 0.0328. The van der Waals surface area contributed by atoms with Crippen LogP contribution in [0.2, 0.25) is 5.02 Å². The van der Waals surface area contributed by atoms with Crippen LogP contribution in [-0.2, 0) is 4.74 Å². The molecule has 0 fully saturated rings. The van der Waals surface area contributed by atoms with Gasteiger partial charge in [0.05, 0.1) is 25.4 Å². The van der Waals surface area contributed by atoms with Crippen LogP contribution in [0, 0.1) is 0 Å². The molecule has 1 aromatic heterocycles. The fourth-order valence-electron chi connectivity index (χ4n) is 4.47. The second kappa shape index (κ2) is 11.2. The molecule has 0 bridgehead atoms. The minimum Gasteiger partial charge on any atom is -0.507 e. The van der Waals surface area contributed by atoms with Crippen molar-refractivity contribution in [3.05, 3.63) is 58.2 Å². The number of phenols is 1. The van der Waals surface area contributed by atoms with Crippen molar-refractivity contribution in [2.75, 3.05) is 26.4 Å². The average Bonchev–Trinajstić information content (AvgIpc) is 3.38. The van der Waals surface area contributed by atoms with Gasteiger partial charge in [-0.25, -0.2) is 0 Å². The number of rotatable bonds is 11. The first kappa shape index (κ1) is 25.9. The zero-order chi connectivity index (χ0) is 25.8. The van der Waals surface area contributed by atoms with Gasteiger partial charge >= 0.3 is 0 Å². The predicted molar refractivity (Wildman–Crippen MR) is 138 cm³/mol.